The predicted octanol–water partition coefficient (Wildman–Crippen LogP) is 3.06. The Morgan fingerprint density at radius 1 is 1.15 bits per heavy atom. The van der Waals surface area contributed by atoms with Crippen molar-refractivity contribution in [3.63, 3.8) is 0 Å². The van der Waals surface area contributed by atoms with E-state index in [1.807, 2.05) is 41.5 Å². The van der Waals surface area contributed by atoms with Crippen LogP contribution in [0.15, 0.2) is 12.3 Å². The van der Waals surface area contributed by atoms with Crippen molar-refractivity contribution in [3.05, 3.63) is 23.5 Å². The van der Waals surface area contributed by atoms with Gasteiger partial charge in [-0.25, -0.2) is 14.5 Å². The zero-order valence-electron chi connectivity index (χ0n) is 16.5. The highest BCUT2D eigenvalue weighted by molar-refractivity contribution is 6.06. The molecule has 142 valence electrons. The molecule has 0 aromatic carbocycles. The highest BCUT2D eigenvalue weighted by Crippen LogP contribution is 2.24. The van der Waals surface area contributed by atoms with E-state index in [-0.39, 0.29) is 23.8 Å². The van der Waals surface area contributed by atoms with Crippen LogP contribution in [-0.4, -0.2) is 39.8 Å². The van der Waals surface area contributed by atoms with E-state index in [4.69, 9.17) is 9.72 Å². The molecule has 0 saturated carbocycles. The molecule has 1 atom stereocenters. The number of aromatic nitrogens is 3. The van der Waals surface area contributed by atoms with E-state index in [1.165, 1.54) is 7.11 Å². The second-order valence-electron chi connectivity index (χ2n) is 7.39. The Morgan fingerprint density at radius 3 is 2.31 bits per heavy atom. The molecule has 2 rings (SSSR count). The number of carbonyl (C=O) groups is 2. The summed E-state index contributed by atoms with van der Waals surface area (Å²) in [6.07, 6.45) is 1.66. The summed E-state index contributed by atoms with van der Waals surface area (Å²) in [6.45, 7) is 11.8. The number of methoxy groups -OCH3 is 1. The van der Waals surface area contributed by atoms with Crippen LogP contribution in [0.2, 0.25) is 0 Å². The van der Waals surface area contributed by atoms with E-state index in [0.717, 1.165) is 5.69 Å². The first-order chi connectivity index (χ1) is 12.2. The number of pyridine rings is 1. The normalized spacial score (nSPS) is 12.8. The second-order valence-corrected chi connectivity index (χ2v) is 7.39. The molecule has 0 bridgehead atoms. The van der Waals surface area contributed by atoms with E-state index in [0.29, 0.717) is 16.6 Å². The molecule has 7 nitrogen and oxygen atoms in total. The van der Waals surface area contributed by atoms with E-state index in [2.05, 4.69) is 10.4 Å². The lowest BCUT2D eigenvalue weighted by atomic mass is 10.0. The van der Waals surface area contributed by atoms with Crippen LogP contribution in [0.3, 0.4) is 0 Å². The van der Waals surface area contributed by atoms with Gasteiger partial charge in [-0.05, 0) is 31.7 Å². The van der Waals surface area contributed by atoms with Crippen LogP contribution < -0.4 is 5.32 Å². The Bertz CT molecular complexity index is 808. The number of amides is 1. The topological polar surface area (TPSA) is 86.1 Å². The van der Waals surface area contributed by atoms with Crippen molar-refractivity contribution in [2.24, 2.45) is 5.92 Å². The van der Waals surface area contributed by atoms with Crippen LogP contribution in [0.4, 0.5) is 0 Å². The third-order valence-corrected chi connectivity index (χ3v) is 4.32. The van der Waals surface area contributed by atoms with Crippen molar-refractivity contribution < 1.29 is 14.3 Å². The first-order valence-corrected chi connectivity index (χ1v) is 8.94. The molecule has 0 aliphatic rings. The number of fused-ring (bicyclic) bond motifs is 1. The standard InChI is InChI=1S/C19H28N4O3/c1-10(2)15-8-13(14-9-20-23(12(5)6)17(14)21-15)18(24)22-16(11(3)4)19(25)26-7/h8-12,16H,1-7H3,(H,22,24)/t16-/m0/s1. The molecule has 2 aromatic rings. The molecule has 0 saturated heterocycles. The second kappa shape index (κ2) is 7.85. The van der Waals surface area contributed by atoms with E-state index >= 15 is 0 Å². The maximum absolute atomic E-state index is 13.0. The average Bonchev–Trinajstić information content (AvgIpc) is 3.01. The van der Waals surface area contributed by atoms with Gasteiger partial charge in [-0.3, -0.25) is 4.79 Å². The zero-order valence-corrected chi connectivity index (χ0v) is 16.5. The monoisotopic (exact) mass is 360 g/mol. The van der Waals surface area contributed by atoms with Gasteiger partial charge in [0, 0.05) is 11.7 Å². The number of hydrogen-bond donors (Lipinski definition) is 1. The number of nitrogens with zero attached hydrogens (tertiary/aromatic N) is 3. The fraction of sp³-hybridized carbons (Fsp3) is 0.579. The fourth-order valence-corrected chi connectivity index (χ4v) is 2.74. The van der Waals surface area contributed by atoms with Crippen molar-refractivity contribution in [1.82, 2.24) is 20.1 Å². The lowest BCUT2D eigenvalue weighted by Gasteiger charge is -2.20. The molecule has 26 heavy (non-hydrogen) atoms. The third kappa shape index (κ3) is 3.86. The molecule has 0 spiro atoms. The SMILES string of the molecule is COC(=O)[C@@H](NC(=O)c1cc(C(C)C)nc2c1cnn2C(C)C)C(C)C. The molecule has 0 unspecified atom stereocenters. The Labute approximate surface area is 154 Å². The first-order valence-electron chi connectivity index (χ1n) is 8.94. The molecular weight excluding hydrogens is 332 g/mol. The molecule has 1 N–H and O–H groups in total. The number of rotatable bonds is 6. The van der Waals surface area contributed by atoms with Crippen LogP contribution in [0.25, 0.3) is 11.0 Å². The van der Waals surface area contributed by atoms with Gasteiger partial charge in [-0.1, -0.05) is 27.7 Å². The highest BCUT2D eigenvalue weighted by Gasteiger charge is 2.27. The quantitative estimate of drug-likeness (QED) is 0.800. The van der Waals surface area contributed by atoms with Crippen LogP contribution in [0, 0.1) is 5.92 Å². The van der Waals surface area contributed by atoms with Crippen LogP contribution in [0.5, 0.6) is 0 Å². The maximum atomic E-state index is 13.0. The lowest BCUT2D eigenvalue weighted by Crippen LogP contribution is -2.45. The van der Waals surface area contributed by atoms with Gasteiger partial charge < -0.3 is 10.1 Å². The van der Waals surface area contributed by atoms with Gasteiger partial charge >= 0.3 is 5.97 Å². The van der Waals surface area contributed by atoms with E-state index in [9.17, 15) is 9.59 Å². The molecule has 0 aliphatic carbocycles. The number of carbonyl (C=O) groups excluding carboxylic acids is 2. The van der Waals surface area contributed by atoms with Gasteiger partial charge in [0.05, 0.1) is 24.3 Å². The van der Waals surface area contributed by atoms with Crippen molar-refractivity contribution in [2.75, 3.05) is 7.11 Å². The van der Waals surface area contributed by atoms with Gasteiger partial charge in [0.1, 0.15) is 6.04 Å². The van der Waals surface area contributed by atoms with Gasteiger partial charge in [0.15, 0.2) is 5.65 Å². The smallest absolute Gasteiger partial charge is 0.328 e. The molecule has 0 radical (unpaired) electrons. The van der Waals surface area contributed by atoms with Gasteiger partial charge in [-0.15, -0.1) is 0 Å². The summed E-state index contributed by atoms with van der Waals surface area (Å²) >= 11 is 0. The number of ether oxygens (including phenoxy) is 1. The number of nitrogens with one attached hydrogen (secondary N) is 1. The number of hydrogen-bond acceptors (Lipinski definition) is 5. The largest absolute Gasteiger partial charge is 0.467 e. The summed E-state index contributed by atoms with van der Waals surface area (Å²) < 4.78 is 6.62. The van der Waals surface area contributed by atoms with E-state index < -0.39 is 12.0 Å². The van der Waals surface area contributed by atoms with Crippen molar-refractivity contribution >= 4 is 22.9 Å². The molecule has 7 heteroatoms. The number of esters is 1. The minimum atomic E-state index is -0.710. The molecule has 2 heterocycles. The van der Waals surface area contributed by atoms with Gasteiger partial charge in [-0.2, -0.15) is 5.10 Å². The molecule has 2 aromatic heterocycles. The fourth-order valence-electron chi connectivity index (χ4n) is 2.74. The molecular formula is C19H28N4O3. The molecule has 0 fully saturated rings. The Balaban J connectivity index is 2.53. The summed E-state index contributed by atoms with van der Waals surface area (Å²) in [5, 5.41) is 7.86. The van der Waals surface area contributed by atoms with E-state index in [1.54, 1.807) is 16.9 Å². The molecule has 0 aliphatic heterocycles. The summed E-state index contributed by atoms with van der Waals surface area (Å²) in [5.41, 5.74) is 1.96. The van der Waals surface area contributed by atoms with Crippen molar-refractivity contribution in [3.8, 4) is 0 Å². The summed E-state index contributed by atoms with van der Waals surface area (Å²) in [5.74, 6) is -0.720. The summed E-state index contributed by atoms with van der Waals surface area (Å²) in [6, 6.07) is 1.19. The molecule has 1 amide bonds. The first kappa shape index (κ1) is 19.9. The van der Waals surface area contributed by atoms with Crippen LogP contribution in [0.1, 0.15) is 69.6 Å². The van der Waals surface area contributed by atoms with Crippen molar-refractivity contribution in [1.29, 1.82) is 0 Å². The lowest BCUT2D eigenvalue weighted by molar-refractivity contribution is -0.144. The summed E-state index contributed by atoms with van der Waals surface area (Å²) in [4.78, 5) is 29.6. The maximum Gasteiger partial charge on any atom is 0.328 e. The Hall–Kier alpha value is -2.44. The minimum absolute atomic E-state index is 0.0910. The van der Waals surface area contributed by atoms with Gasteiger partial charge in [0.2, 0.25) is 0 Å². The van der Waals surface area contributed by atoms with Gasteiger partial charge in [0.25, 0.3) is 5.91 Å². The summed E-state index contributed by atoms with van der Waals surface area (Å²) in [7, 11) is 1.32. The predicted molar refractivity (Wildman–Crippen MR) is 100 cm³/mol. The van der Waals surface area contributed by atoms with Crippen molar-refractivity contribution in [2.45, 2.75) is 59.5 Å². The minimum Gasteiger partial charge on any atom is -0.467 e. The third-order valence-electron chi connectivity index (χ3n) is 4.32. The van der Waals surface area contributed by atoms with Crippen LogP contribution >= 0.6 is 0 Å². The Kier molecular flexibility index (Phi) is 6.00. The highest BCUT2D eigenvalue weighted by atomic mass is 16.5. The van der Waals surface area contributed by atoms with Crippen LogP contribution in [-0.2, 0) is 9.53 Å². The zero-order chi connectivity index (χ0) is 19.6. The Morgan fingerprint density at radius 2 is 1.81 bits per heavy atom. The average molecular weight is 360 g/mol.